The molecule has 0 aliphatic carbocycles. The second kappa shape index (κ2) is 8.76. The van der Waals surface area contributed by atoms with Crippen LogP contribution in [0.4, 0.5) is 23.0 Å². The lowest BCUT2D eigenvalue weighted by molar-refractivity contribution is -0.383. The van der Waals surface area contributed by atoms with E-state index in [2.05, 4.69) is 30.5 Å². The van der Waals surface area contributed by atoms with E-state index in [1.807, 2.05) is 32.0 Å². The molecule has 0 fully saturated rings. The van der Waals surface area contributed by atoms with Crippen LogP contribution < -0.4 is 15.6 Å². The standard InChI is InChI=1S/C21H19N7O4S/c1-13-6-9-15(10-7-13)33(31,32)27-26-21-19(28(29)30)20(22-12-23-21)25-18-5-3-4-17-16(18)11-8-14(2)24-17/h3-12,27H,1-2H3,(H2,22,23,25,26). The molecule has 0 bridgehead atoms. The molecule has 0 amide bonds. The number of hydrogen-bond acceptors (Lipinski definition) is 9. The van der Waals surface area contributed by atoms with Crippen LogP contribution in [0.1, 0.15) is 11.3 Å². The molecular weight excluding hydrogens is 446 g/mol. The van der Waals surface area contributed by atoms with E-state index in [0.717, 1.165) is 23.0 Å². The maximum Gasteiger partial charge on any atom is 0.354 e. The SMILES string of the molecule is Cc1ccc(S(=O)(=O)NNc2ncnc(Nc3cccc4nc(C)ccc34)c2[N+](=O)[O-])cc1. The fourth-order valence-electron chi connectivity index (χ4n) is 3.12. The maximum absolute atomic E-state index is 12.5. The highest BCUT2D eigenvalue weighted by atomic mass is 32.2. The van der Waals surface area contributed by atoms with Gasteiger partial charge in [-0.1, -0.05) is 23.8 Å². The number of nitro groups is 1. The van der Waals surface area contributed by atoms with Crippen molar-refractivity contribution in [2.75, 3.05) is 10.7 Å². The number of hydrazine groups is 1. The monoisotopic (exact) mass is 465 g/mol. The third kappa shape index (κ3) is 4.71. The molecule has 4 rings (SSSR count). The maximum atomic E-state index is 12.5. The number of hydrogen-bond donors (Lipinski definition) is 3. The molecule has 0 saturated carbocycles. The Labute approximate surface area is 189 Å². The molecule has 12 heteroatoms. The average Bonchev–Trinajstić information content (AvgIpc) is 2.78. The molecule has 11 nitrogen and oxygen atoms in total. The zero-order valence-corrected chi connectivity index (χ0v) is 18.4. The number of pyridine rings is 1. The van der Waals surface area contributed by atoms with Crippen molar-refractivity contribution in [1.29, 1.82) is 0 Å². The van der Waals surface area contributed by atoms with E-state index in [1.165, 1.54) is 12.1 Å². The molecule has 33 heavy (non-hydrogen) atoms. The predicted octanol–water partition coefficient (Wildman–Crippen LogP) is 3.60. The Morgan fingerprint density at radius 3 is 2.39 bits per heavy atom. The van der Waals surface area contributed by atoms with Crippen LogP contribution in [-0.4, -0.2) is 28.3 Å². The van der Waals surface area contributed by atoms with Crippen LogP contribution in [0.5, 0.6) is 0 Å². The van der Waals surface area contributed by atoms with Crippen LogP contribution in [0.25, 0.3) is 10.9 Å². The summed E-state index contributed by atoms with van der Waals surface area (Å²) in [5.41, 5.74) is 4.79. The summed E-state index contributed by atoms with van der Waals surface area (Å²) in [5.74, 6) is -0.428. The van der Waals surface area contributed by atoms with Crippen molar-refractivity contribution in [3.63, 3.8) is 0 Å². The van der Waals surface area contributed by atoms with Gasteiger partial charge in [-0.25, -0.2) is 18.4 Å². The molecule has 2 aromatic carbocycles. The summed E-state index contributed by atoms with van der Waals surface area (Å²) in [5, 5.41) is 15.5. The minimum absolute atomic E-state index is 0.00536. The summed E-state index contributed by atoms with van der Waals surface area (Å²) in [4.78, 5) is 25.5. The molecule has 0 unspecified atom stereocenters. The van der Waals surface area contributed by atoms with Gasteiger partial charge in [-0.05, 0) is 50.2 Å². The molecule has 0 aliphatic rings. The molecule has 0 atom stereocenters. The quantitative estimate of drug-likeness (QED) is 0.274. The van der Waals surface area contributed by atoms with E-state index in [-0.39, 0.29) is 16.5 Å². The Morgan fingerprint density at radius 2 is 1.67 bits per heavy atom. The largest absolute Gasteiger partial charge is 0.354 e. The fraction of sp³-hybridized carbons (Fsp3) is 0.0952. The number of fused-ring (bicyclic) bond motifs is 1. The number of sulfonamides is 1. The molecule has 168 valence electrons. The lowest BCUT2D eigenvalue weighted by Gasteiger charge is -2.12. The van der Waals surface area contributed by atoms with E-state index in [4.69, 9.17) is 0 Å². The zero-order chi connectivity index (χ0) is 23.6. The second-order valence-electron chi connectivity index (χ2n) is 7.17. The van der Waals surface area contributed by atoms with Crippen LogP contribution in [-0.2, 0) is 10.0 Å². The van der Waals surface area contributed by atoms with Gasteiger partial charge in [-0.3, -0.25) is 20.5 Å². The van der Waals surface area contributed by atoms with Gasteiger partial charge in [0.2, 0.25) is 11.6 Å². The highest BCUT2D eigenvalue weighted by Crippen LogP contribution is 2.33. The van der Waals surface area contributed by atoms with E-state index < -0.39 is 20.6 Å². The number of rotatable bonds is 7. The Balaban J connectivity index is 1.66. The summed E-state index contributed by atoms with van der Waals surface area (Å²) >= 11 is 0. The number of aryl methyl sites for hydroxylation is 2. The Kier molecular flexibility index (Phi) is 5.85. The molecular formula is C21H19N7O4S. The first-order valence-electron chi connectivity index (χ1n) is 9.72. The molecule has 4 aromatic rings. The van der Waals surface area contributed by atoms with Crippen molar-refractivity contribution < 1.29 is 13.3 Å². The van der Waals surface area contributed by atoms with Crippen molar-refractivity contribution >= 4 is 43.9 Å². The van der Waals surface area contributed by atoms with Gasteiger partial charge in [0.25, 0.3) is 10.0 Å². The van der Waals surface area contributed by atoms with Gasteiger partial charge >= 0.3 is 5.69 Å². The molecule has 0 spiro atoms. The predicted molar refractivity (Wildman–Crippen MR) is 124 cm³/mol. The molecule has 2 heterocycles. The third-order valence-corrected chi connectivity index (χ3v) is 6.03. The summed E-state index contributed by atoms with van der Waals surface area (Å²) in [6.07, 6.45) is 1.09. The fourth-order valence-corrected chi connectivity index (χ4v) is 3.96. The van der Waals surface area contributed by atoms with Gasteiger partial charge in [-0.15, -0.1) is 4.83 Å². The van der Waals surface area contributed by atoms with E-state index >= 15 is 0 Å². The minimum atomic E-state index is -4.00. The third-order valence-electron chi connectivity index (χ3n) is 4.76. The highest BCUT2D eigenvalue weighted by molar-refractivity contribution is 7.89. The van der Waals surface area contributed by atoms with Gasteiger partial charge in [0.1, 0.15) is 6.33 Å². The first-order chi connectivity index (χ1) is 15.7. The second-order valence-corrected chi connectivity index (χ2v) is 8.85. The van der Waals surface area contributed by atoms with Crippen molar-refractivity contribution in [3.05, 3.63) is 82.3 Å². The topological polar surface area (TPSA) is 152 Å². The van der Waals surface area contributed by atoms with Crippen LogP contribution in [0.15, 0.2) is 65.8 Å². The van der Waals surface area contributed by atoms with E-state index in [1.54, 1.807) is 24.3 Å². The molecule has 3 N–H and O–H groups in total. The van der Waals surface area contributed by atoms with Crippen LogP contribution in [0, 0.1) is 24.0 Å². The van der Waals surface area contributed by atoms with E-state index in [9.17, 15) is 18.5 Å². The summed E-state index contributed by atoms with van der Waals surface area (Å²) in [6.45, 7) is 3.69. The molecule has 0 saturated heterocycles. The number of anilines is 3. The Bertz CT molecular complexity index is 1460. The van der Waals surface area contributed by atoms with Crippen molar-refractivity contribution in [1.82, 2.24) is 19.8 Å². The number of nitrogens with zero attached hydrogens (tertiary/aromatic N) is 4. The molecule has 0 radical (unpaired) electrons. The van der Waals surface area contributed by atoms with Gasteiger partial charge in [0, 0.05) is 16.8 Å². The first kappa shape index (κ1) is 22.0. The average molecular weight is 465 g/mol. The lowest BCUT2D eigenvalue weighted by Crippen LogP contribution is -2.30. The van der Waals surface area contributed by atoms with Crippen molar-refractivity contribution in [2.24, 2.45) is 0 Å². The van der Waals surface area contributed by atoms with Crippen molar-refractivity contribution in [2.45, 2.75) is 18.7 Å². The number of benzene rings is 2. The Hall–Kier alpha value is -4.16. The van der Waals surface area contributed by atoms with Gasteiger partial charge in [-0.2, -0.15) is 0 Å². The summed E-state index contributed by atoms with van der Waals surface area (Å²) < 4.78 is 25.1. The van der Waals surface area contributed by atoms with Crippen LogP contribution in [0.3, 0.4) is 0 Å². The van der Waals surface area contributed by atoms with Crippen LogP contribution >= 0.6 is 0 Å². The van der Waals surface area contributed by atoms with Gasteiger partial charge < -0.3 is 5.32 Å². The van der Waals surface area contributed by atoms with Gasteiger partial charge in [0.05, 0.1) is 15.3 Å². The minimum Gasteiger partial charge on any atom is -0.334 e. The summed E-state index contributed by atoms with van der Waals surface area (Å²) in [6, 6.07) is 15.1. The Morgan fingerprint density at radius 1 is 0.939 bits per heavy atom. The normalized spacial score (nSPS) is 11.3. The van der Waals surface area contributed by atoms with Crippen molar-refractivity contribution in [3.8, 4) is 0 Å². The zero-order valence-electron chi connectivity index (χ0n) is 17.6. The highest BCUT2D eigenvalue weighted by Gasteiger charge is 2.25. The molecule has 0 aliphatic heterocycles. The first-order valence-corrected chi connectivity index (χ1v) is 11.2. The number of aromatic nitrogens is 3. The van der Waals surface area contributed by atoms with Crippen LogP contribution in [0.2, 0.25) is 0 Å². The summed E-state index contributed by atoms with van der Waals surface area (Å²) in [7, 11) is -4.00. The number of nitrogens with one attached hydrogen (secondary N) is 3. The van der Waals surface area contributed by atoms with Gasteiger partial charge in [0.15, 0.2) is 0 Å². The molecule has 2 aromatic heterocycles. The van der Waals surface area contributed by atoms with E-state index in [0.29, 0.717) is 11.2 Å². The lowest BCUT2D eigenvalue weighted by atomic mass is 10.1. The smallest absolute Gasteiger partial charge is 0.334 e.